The number of hydrogen-bond donors (Lipinski definition) is 3. The van der Waals surface area contributed by atoms with Gasteiger partial charge in [0.1, 0.15) is 6.10 Å². The number of carbonyl (C=O) groups is 2. The standard InChI is InChI=1S/C23H32N4O3.CH2O2/c1-17(28)24-22(2)11-14-30-23(21(22)29)9-12-27(13-10-23)16-19-15-26(3)25-20(19)18-7-5-4-6-8-18;2-1-3/h4-8,15,21,29H,9-14,16H2,1-3H3,(H,24,28);1H,(H,2,3)/t21-,22+;/m0./s1. The molecule has 3 heterocycles. The molecular formula is C24H34N4O5. The minimum Gasteiger partial charge on any atom is -0.483 e. The van der Waals surface area contributed by atoms with Gasteiger partial charge in [0.05, 0.1) is 16.8 Å². The number of aliphatic hydroxyl groups is 1. The molecule has 2 saturated heterocycles. The Bertz CT molecular complexity index is 940. The van der Waals surface area contributed by atoms with Crippen molar-refractivity contribution in [1.29, 1.82) is 0 Å². The van der Waals surface area contributed by atoms with Crippen molar-refractivity contribution in [3.63, 3.8) is 0 Å². The average Bonchev–Trinajstić information content (AvgIpc) is 3.14. The summed E-state index contributed by atoms with van der Waals surface area (Å²) in [7, 11) is 1.95. The lowest BCUT2D eigenvalue weighted by atomic mass is 9.73. The number of aromatic nitrogens is 2. The number of likely N-dealkylation sites (tertiary alicyclic amines) is 1. The van der Waals surface area contributed by atoms with E-state index in [0.29, 0.717) is 13.0 Å². The Morgan fingerprint density at radius 2 is 1.91 bits per heavy atom. The number of carboxylic acid groups (broad SMARTS) is 1. The molecular weight excluding hydrogens is 424 g/mol. The van der Waals surface area contributed by atoms with E-state index in [9.17, 15) is 9.90 Å². The molecule has 9 nitrogen and oxygen atoms in total. The van der Waals surface area contributed by atoms with Crippen molar-refractivity contribution in [2.75, 3.05) is 19.7 Å². The Labute approximate surface area is 194 Å². The van der Waals surface area contributed by atoms with Gasteiger partial charge in [-0.05, 0) is 26.2 Å². The second kappa shape index (κ2) is 10.5. The first-order chi connectivity index (χ1) is 15.7. The van der Waals surface area contributed by atoms with E-state index < -0.39 is 17.2 Å². The van der Waals surface area contributed by atoms with E-state index in [2.05, 4.69) is 33.6 Å². The second-order valence-electron chi connectivity index (χ2n) is 9.09. The van der Waals surface area contributed by atoms with Crippen LogP contribution in [0.2, 0.25) is 0 Å². The lowest BCUT2D eigenvalue weighted by molar-refractivity contribution is -0.208. The highest BCUT2D eigenvalue weighted by atomic mass is 16.5. The van der Waals surface area contributed by atoms with Crippen LogP contribution in [-0.4, -0.2) is 74.2 Å². The number of rotatable bonds is 4. The van der Waals surface area contributed by atoms with Gasteiger partial charge in [0.2, 0.25) is 5.91 Å². The van der Waals surface area contributed by atoms with Crippen LogP contribution in [-0.2, 0) is 27.9 Å². The quantitative estimate of drug-likeness (QED) is 0.598. The number of ether oxygens (including phenoxy) is 1. The molecule has 2 aromatic rings. The number of nitrogens with zero attached hydrogens (tertiary/aromatic N) is 3. The molecule has 4 rings (SSSR count). The summed E-state index contributed by atoms with van der Waals surface area (Å²) in [6.07, 6.45) is 3.47. The molecule has 1 aromatic carbocycles. The number of aryl methyl sites for hydroxylation is 1. The summed E-state index contributed by atoms with van der Waals surface area (Å²) in [5.74, 6) is -0.115. The Morgan fingerprint density at radius 3 is 2.52 bits per heavy atom. The third-order valence-electron chi connectivity index (χ3n) is 6.62. The minimum absolute atomic E-state index is 0.115. The van der Waals surface area contributed by atoms with Crippen molar-refractivity contribution in [2.24, 2.45) is 7.05 Å². The van der Waals surface area contributed by atoms with Gasteiger partial charge < -0.3 is 20.3 Å². The predicted molar refractivity (Wildman–Crippen MR) is 123 cm³/mol. The van der Waals surface area contributed by atoms with Crippen molar-refractivity contribution in [3.05, 3.63) is 42.1 Å². The molecule has 0 saturated carbocycles. The van der Waals surface area contributed by atoms with Gasteiger partial charge in [0, 0.05) is 57.5 Å². The molecule has 180 valence electrons. The molecule has 9 heteroatoms. The fraction of sp³-hybridized carbons (Fsp3) is 0.542. The van der Waals surface area contributed by atoms with Gasteiger partial charge in [-0.3, -0.25) is 19.2 Å². The fourth-order valence-electron chi connectivity index (χ4n) is 5.04. The largest absolute Gasteiger partial charge is 0.483 e. The van der Waals surface area contributed by atoms with Crippen LogP contribution in [0, 0.1) is 0 Å². The lowest BCUT2D eigenvalue weighted by Crippen LogP contribution is -2.69. The molecule has 0 radical (unpaired) electrons. The number of piperidine rings is 1. The maximum Gasteiger partial charge on any atom is 0.290 e. The number of hydrogen-bond acceptors (Lipinski definition) is 6. The lowest BCUT2D eigenvalue weighted by Gasteiger charge is -2.53. The highest BCUT2D eigenvalue weighted by Crippen LogP contribution is 2.40. The van der Waals surface area contributed by atoms with Gasteiger partial charge in [-0.15, -0.1) is 0 Å². The van der Waals surface area contributed by atoms with Crippen LogP contribution in [0.3, 0.4) is 0 Å². The highest BCUT2D eigenvalue weighted by Gasteiger charge is 2.53. The van der Waals surface area contributed by atoms with Crippen LogP contribution in [0.1, 0.15) is 38.7 Å². The number of benzene rings is 1. The molecule has 2 atom stereocenters. The van der Waals surface area contributed by atoms with Crippen molar-refractivity contribution in [1.82, 2.24) is 20.0 Å². The van der Waals surface area contributed by atoms with Crippen molar-refractivity contribution in [2.45, 2.75) is 56.9 Å². The van der Waals surface area contributed by atoms with E-state index >= 15 is 0 Å². The number of amides is 1. The van der Waals surface area contributed by atoms with Crippen molar-refractivity contribution in [3.8, 4) is 11.3 Å². The van der Waals surface area contributed by atoms with E-state index in [1.165, 1.54) is 12.5 Å². The first-order valence-electron chi connectivity index (χ1n) is 11.2. The van der Waals surface area contributed by atoms with Crippen LogP contribution < -0.4 is 5.32 Å². The maximum atomic E-state index is 11.7. The van der Waals surface area contributed by atoms with Crippen LogP contribution in [0.15, 0.2) is 36.5 Å². The van der Waals surface area contributed by atoms with Gasteiger partial charge in [-0.25, -0.2) is 0 Å². The Morgan fingerprint density at radius 1 is 1.27 bits per heavy atom. The molecule has 2 fully saturated rings. The second-order valence-corrected chi connectivity index (χ2v) is 9.09. The van der Waals surface area contributed by atoms with Crippen LogP contribution in [0.25, 0.3) is 11.3 Å². The Balaban J connectivity index is 0.000000968. The predicted octanol–water partition coefficient (Wildman–Crippen LogP) is 1.80. The van der Waals surface area contributed by atoms with E-state index in [0.717, 1.165) is 43.7 Å². The molecule has 1 aromatic heterocycles. The van der Waals surface area contributed by atoms with Crippen LogP contribution >= 0.6 is 0 Å². The summed E-state index contributed by atoms with van der Waals surface area (Å²) in [5, 5.41) is 25.7. The summed E-state index contributed by atoms with van der Waals surface area (Å²) >= 11 is 0. The molecule has 2 aliphatic rings. The summed E-state index contributed by atoms with van der Waals surface area (Å²) < 4.78 is 8.02. The SMILES string of the molecule is CC(=O)N[C@]1(C)CCOC2(CCN(Cc3cn(C)nc3-c3ccccc3)CC2)[C@H]1O.O=CO. The van der Waals surface area contributed by atoms with Gasteiger partial charge in [-0.2, -0.15) is 5.10 Å². The fourth-order valence-corrected chi connectivity index (χ4v) is 5.04. The van der Waals surface area contributed by atoms with Crippen LogP contribution in [0.5, 0.6) is 0 Å². The van der Waals surface area contributed by atoms with Gasteiger partial charge in [0.25, 0.3) is 6.47 Å². The summed E-state index contributed by atoms with van der Waals surface area (Å²) in [6.45, 7) is 6.20. The molecule has 33 heavy (non-hydrogen) atoms. The third kappa shape index (κ3) is 5.61. The zero-order valence-corrected chi connectivity index (χ0v) is 19.5. The Kier molecular flexibility index (Phi) is 7.88. The van der Waals surface area contributed by atoms with Gasteiger partial charge >= 0.3 is 0 Å². The maximum absolute atomic E-state index is 11.7. The number of nitrogens with one attached hydrogen (secondary N) is 1. The zero-order valence-electron chi connectivity index (χ0n) is 19.5. The van der Waals surface area contributed by atoms with E-state index in [4.69, 9.17) is 14.6 Å². The molecule has 1 spiro atoms. The number of aliphatic hydroxyl groups excluding tert-OH is 1. The molecule has 3 N–H and O–H groups in total. The van der Waals surface area contributed by atoms with E-state index in [1.54, 1.807) is 0 Å². The topological polar surface area (TPSA) is 117 Å². The molecule has 0 bridgehead atoms. The third-order valence-corrected chi connectivity index (χ3v) is 6.62. The first kappa shape index (κ1) is 24.9. The first-order valence-corrected chi connectivity index (χ1v) is 11.2. The normalized spacial score (nSPS) is 24.5. The summed E-state index contributed by atoms with van der Waals surface area (Å²) in [6, 6.07) is 10.3. The highest BCUT2D eigenvalue weighted by molar-refractivity contribution is 5.74. The van der Waals surface area contributed by atoms with Crippen molar-refractivity contribution >= 4 is 12.4 Å². The van der Waals surface area contributed by atoms with Crippen LogP contribution in [0.4, 0.5) is 0 Å². The number of carbonyl (C=O) groups excluding carboxylic acids is 1. The van der Waals surface area contributed by atoms with Gasteiger partial charge in [0.15, 0.2) is 0 Å². The average molecular weight is 459 g/mol. The summed E-state index contributed by atoms with van der Waals surface area (Å²) in [5.41, 5.74) is 2.11. The molecule has 2 aliphatic heterocycles. The monoisotopic (exact) mass is 458 g/mol. The zero-order chi connectivity index (χ0) is 24.1. The smallest absolute Gasteiger partial charge is 0.290 e. The Hall–Kier alpha value is -2.75. The van der Waals surface area contributed by atoms with E-state index in [-0.39, 0.29) is 12.4 Å². The molecule has 0 unspecified atom stereocenters. The van der Waals surface area contributed by atoms with Gasteiger partial charge in [-0.1, -0.05) is 30.3 Å². The molecule has 0 aliphatic carbocycles. The minimum atomic E-state index is -0.719. The van der Waals surface area contributed by atoms with Crippen molar-refractivity contribution < 1.29 is 24.5 Å². The molecule has 1 amide bonds. The summed E-state index contributed by atoms with van der Waals surface area (Å²) in [4.78, 5) is 22.4. The van der Waals surface area contributed by atoms with E-state index in [1.807, 2.05) is 36.9 Å².